The summed E-state index contributed by atoms with van der Waals surface area (Å²) in [6, 6.07) is 4.25. The summed E-state index contributed by atoms with van der Waals surface area (Å²) >= 11 is 3.82. The summed E-state index contributed by atoms with van der Waals surface area (Å²) in [7, 11) is 0. The van der Waals surface area contributed by atoms with Crippen LogP contribution in [0, 0.1) is 12.8 Å². The predicted octanol–water partition coefficient (Wildman–Crippen LogP) is 3.51. The van der Waals surface area contributed by atoms with Crippen LogP contribution in [0.2, 0.25) is 0 Å². The van der Waals surface area contributed by atoms with Gasteiger partial charge in [0.2, 0.25) is 0 Å². The van der Waals surface area contributed by atoms with Gasteiger partial charge in [0, 0.05) is 35.7 Å². The van der Waals surface area contributed by atoms with Gasteiger partial charge in [-0.25, -0.2) is 0 Å². The van der Waals surface area contributed by atoms with Gasteiger partial charge in [-0.05, 0) is 31.4 Å². The van der Waals surface area contributed by atoms with E-state index in [1.807, 2.05) is 6.20 Å². The molecule has 1 aliphatic rings. The van der Waals surface area contributed by atoms with Gasteiger partial charge in [-0.2, -0.15) is 0 Å². The van der Waals surface area contributed by atoms with Gasteiger partial charge >= 0.3 is 0 Å². The lowest BCUT2D eigenvalue weighted by Crippen LogP contribution is -2.25. The SMILES string of the molecule is CCC1OCCC1C(Br)Cc1ccc(C)cn1. The van der Waals surface area contributed by atoms with Crippen LogP contribution in [0.4, 0.5) is 0 Å². The molecule has 0 N–H and O–H groups in total. The van der Waals surface area contributed by atoms with Gasteiger partial charge in [-0.1, -0.05) is 28.9 Å². The van der Waals surface area contributed by atoms with Crippen LogP contribution in [0.1, 0.15) is 31.0 Å². The average molecular weight is 298 g/mol. The number of nitrogens with zero attached hydrogens (tertiary/aromatic N) is 1. The third kappa shape index (κ3) is 3.29. The molecule has 3 atom stereocenters. The minimum atomic E-state index is 0.421. The van der Waals surface area contributed by atoms with Crippen molar-refractivity contribution >= 4 is 15.9 Å². The van der Waals surface area contributed by atoms with Crippen molar-refractivity contribution in [1.82, 2.24) is 4.98 Å². The van der Waals surface area contributed by atoms with E-state index >= 15 is 0 Å². The van der Waals surface area contributed by atoms with Crippen LogP contribution in [0.15, 0.2) is 18.3 Å². The minimum absolute atomic E-state index is 0.421. The number of rotatable bonds is 4. The van der Waals surface area contributed by atoms with Crippen molar-refractivity contribution in [1.29, 1.82) is 0 Å². The van der Waals surface area contributed by atoms with Crippen molar-refractivity contribution in [2.75, 3.05) is 6.61 Å². The molecule has 0 saturated carbocycles. The monoisotopic (exact) mass is 297 g/mol. The second kappa shape index (κ2) is 5.96. The Morgan fingerprint density at radius 2 is 2.35 bits per heavy atom. The molecule has 1 saturated heterocycles. The highest BCUT2D eigenvalue weighted by molar-refractivity contribution is 9.09. The Kier molecular flexibility index (Phi) is 4.57. The number of hydrogen-bond acceptors (Lipinski definition) is 2. The zero-order chi connectivity index (χ0) is 12.3. The third-order valence-electron chi connectivity index (χ3n) is 3.50. The summed E-state index contributed by atoms with van der Waals surface area (Å²) in [6.45, 7) is 5.18. The Morgan fingerprint density at radius 1 is 1.53 bits per heavy atom. The molecule has 94 valence electrons. The first-order chi connectivity index (χ1) is 8.20. The fourth-order valence-electron chi connectivity index (χ4n) is 2.47. The molecule has 1 aromatic rings. The van der Waals surface area contributed by atoms with Crippen LogP contribution in [0.3, 0.4) is 0 Å². The van der Waals surface area contributed by atoms with E-state index in [0.717, 1.165) is 19.4 Å². The van der Waals surface area contributed by atoms with Crippen LogP contribution < -0.4 is 0 Å². The van der Waals surface area contributed by atoms with E-state index in [1.165, 1.54) is 17.7 Å². The second-order valence-electron chi connectivity index (χ2n) is 4.82. The molecule has 0 aliphatic carbocycles. The van der Waals surface area contributed by atoms with Gasteiger partial charge < -0.3 is 4.74 Å². The zero-order valence-electron chi connectivity index (χ0n) is 10.5. The van der Waals surface area contributed by atoms with Gasteiger partial charge in [0.1, 0.15) is 0 Å². The van der Waals surface area contributed by atoms with Crippen molar-refractivity contribution < 1.29 is 4.74 Å². The number of halogens is 1. The smallest absolute Gasteiger partial charge is 0.0612 e. The molecule has 0 aromatic carbocycles. The lowest BCUT2D eigenvalue weighted by molar-refractivity contribution is 0.0872. The molecule has 2 nitrogen and oxygen atoms in total. The molecule has 3 heteroatoms. The van der Waals surface area contributed by atoms with E-state index in [1.54, 1.807) is 0 Å². The normalized spacial score (nSPS) is 26.1. The summed E-state index contributed by atoms with van der Waals surface area (Å²) in [5, 5.41) is 0. The van der Waals surface area contributed by atoms with E-state index in [4.69, 9.17) is 4.74 Å². The maximum Gasteiger partial charge on any atom is 0.0612 e. The van der Waals surface area contributed by atoms with E-state index in [9.17, 15) is 0 Å². The van der Waals surface area contributed by atoms with E-state index in [2.05, 4.69) is 46.9 Å². The number of pyridine rings is 1. The summed E-state index contributed by atoms with van der Waals surface area (Å²) in [4.78, 5) is 4.95. The van der Waals surface area contributed by atoms with Crippen molar-refractivity contribution in [3.8, 4) is 0 Å². The molecule has 0 spiro atoms. The molecule has 2 rings (SSSR count). The quantitative estimate of drug-likeness (QED) is 0.794. The first kappa shape index (κ1) is 13.0. The van der Waals surface area contributed by atoms with Crippen molar-refractivity contribution in [2.24, 2.45) is 5.92 Å². The molecule has 2 heterocycles. The maximum absolute atomic E-state index is 5.74. The van der Waals surface area contributed by atoms with Crippen LogP contribution in [-0.4, -0.2) is 22.5 Å². The van der Waals surface area contributed by atoms with Crippen molar-refractivity contribution in [3.05, 3.63) is 29.6 Å². The Bertz CT molecular complexity index is 352. The molecule has 1 aliphatic heterocycles. The zero-order valence-corrected chi connectivity index (χ0v) is 12.1. The van der Waals surface area contributed by atoms with E-state index < -0.39 is 0 Å². The number of aromatic nitrogens is 1. The first-order valence-electron chi connectivity index (χ1n) is 6.38. The Balaban J connectivity index is 1.96. The highest BCUT2D eigenvalue weighted by atomic mass is 79.9. The van der Waals surface area contributed by atoms with Crippen LogP contribution in [-0.2, 0) is 11.2 Å². The predicted molar refractivity (Wildman–Crippen MR) is 73.5 cm³/mol. The van der Waals surface area contributed by atoms with Crippen molar-refractivity contribution in [3.63, 3.8) is 0 Å². The molecule has 17 heavy (non-hydrogen) atoms. The van der Waals surface area contributed by atoms with Gasteiger partial charge in [0.05, 0.1) is 6.10 Å². The largest absolute Gasteiger partial charge is 0.378 e. The fraction of sp³-hybridized carbons (Fsp3) is 0.643. The molecular formula is C14H20BrNO. The lowest BCUT2D eigenvalue weighted by atomic mass is 9.93. The van der Waals surface area contributed by atoms with Gasteiger partial charge in [-0.15, -0.1) is 0 Å². The Labute approximate surface area is 112 Å². The second-order valence-corrected chi connectivity index (χ2v) is 5.99. The number of alkyl halides is 1. The van der Waals surface area contributed by atoms with Crippen LogP contribution >= 0.6 is 15.9 Å². The molecule has 1 aromatic heterocycles. The third-order valence-corrected chi connectivity index (χ3v) is 4.51. The summed E-state index contributed by atoms with van der Waals surface area (Å²) in [5.41, 5.74) is 2.38. The molecular weight excluding hydrogens is 278 g/mol. The molecule has 1 fully saturated rings. The van der Waals surface area contributed by atoms with Crippen LogP contribution in [0.25, 0.3) is 0 Å². The van der Waals surface area contributed by atoms with E-state index in [-0.39, 0.29) is 0 Å². The van der Waals surface area contributed by atoms with Gasteiger partial charge in [-0.3, -0.25) is 4.98 Å². The summed E-state index contributed by atoms with van der Waals surface area (Å²) in [5.74, 6) is 0.628. The van der Waals surface area contributed by atoms with E-state index in [0.29, 0.717) is 16.8 Å². The maximum atomic E-state index is 5.74. The fourth-order valence-corrected chi connectivity index (χ4v) is 3.41. The average Bonchev–Trinajstić information content (AvgIpc) is 2.80. The number of aryl methyl sites for hydroxylation is 1. The summed E-state index contributed by atoms with van der Waals surface area (Å²) in [6.07, 6.45) is 5.63. The summed E-state index contributed by atoms with van der Waals surface area (Å²) < 4.78 is 5.74. The highest BCUT2D eigenvalue weighted by Gasteiger charge is 2.32. The highest BCUT2D eigenvalue weighted by Crippen LogP contribution is 2.31. The Hall–Kier alpha value is -0.410. The molecule has 0 radical (unpaired) electrons. The number of ether oxygens (including phenoxy) is 1. The Morgan fingerprint density at radius 3 is 3.00 bits per heavy atom. The lowest BCUT2D eigenvalue weighted by Gasteiger charge is -2.22. The minimum Gasteiger partial charge on any atom is -0.378 e. The molecule has 0 amide bonds. The topological polar surface area (TPSA) is 22.1 Å². The number of hydrogen-bond donors (Lipinski definition) is 0. The van der Waals surface area contributed by atoms with Gasteiger partial charge in [0.15, 0.2) is 0 Å². The molecule has 0 bridgehead atoms. The standard InChI is InChI=1S/C14H20BrNO/c1-3-14-12(6-7-17-14)13(15)8-11-5-4-10(2)9-16-11/h4-5,9,12-14H,3,6-8H2,1-2H3. The first-order valence-corrected chi connectivity index (χ1v) is 7.29. The molecule has 3 unspecified atom stereocenters. The van der Waals surface area contributed by atoms with Crippen molar-refractivity contribution in [2.45, 2.75) is 44.0 Å². The van der Waals surface area contributed by atoms with Gasteiger partial charge in [0.25, 0.3) is 0 Å². The van der Waals surface area contributed by atoms with Crippen LogP contribution in [0.5, 0.6) is 0 Å².